The lowest BCUT2D eigenvalue weighted by Crippen LogP contribution is -2.48. The minimum absolute atomic E-state index is 0.0398. The van der Waals surface area contributed by atoms with Crippen molar-refractivity contribution < 1.29 is 19.4 Å². The smallest absolute Gasteiger partial charge is 0.410 e. The minimum Gasteiger partial charge on any atom is -0.444 e. The average molecular weight is 301 g/mol. The van der Waals surface area contributed by atoms with Gasteiger partial charge in [-0.15, -0.1) is 0 Å². The number of unbranched alkanes of at least 4 members (excludes halogenated alkanes) is 1. The van der Waals surface area contributed by atoms with Crippen LogP contribution in [0.15, 0.2) is 0 Å². The maximum absolute atomic E-state index is 12.3. The van der Waals surface area contributed by atoms with Gasteiger partial charge in [0.1, 0.15) is 5.60 Å². The Bertz CT molecular complexity index is 340. The monoisotopic (exact) mass is 301 g/mol. The average Bonchev–Trinajstić information content (AvgIpc) is 3.08. The van der Waals surface area contributed by atoms with Gasteiger partial charge in [-0.3, -0.25) is 0 Å². The zero-order valence-electron chi connectivity index (χ0n) is 14.1. The Hall–Kier alpha value is -0.810. The van der Waals surface area contributed by atoms with Gasteiger partial charge in [0.15, 0.2) is 0 Å². The van der Waals surface area contributed by atoms with Crippen LogP contribution in [0.1, 0.15) is 53.9 Å². The summed E-state index contributed by atoms with van der Waals surface area (Å²) in [7, 11) is 0. The zero-order chi connectivity index (χ0) is 16.1. The van der Waals surface area contributed by atoms with Crippen LogP contribution < -0.4 is 0 Å². The standard InChI is InChI=1S/C16H31NO4/c1-6-8-9-20-11-13-10-16(13,12-18)17(7-2)14(19)21-15(3,4)5/h13,18H,6-12H2,1-5H3/t13-,16-/m0/s1. The van der Waals surface area contributed by atoms with Crippen LogP contribution in [-0.2, 0) is 9.47 Å². The molecule has 0 spiro atoms. The largest absolute Gasteiger partial charge is 0.444 e. The van der Waals surface area contributed by atoms with Crippen molar-refractivity contribution in [1.82, 2.24) is 4.90 Å². The number of rotatable bonds is 8. The molecule has 1 aliphatic rings. The summed E-state index contributed by atoms with van der Waals surface area (Å²) < 4.78 is 11.1. The van der Waals surface area contributed by atoms with Crippen LogP contribution in [0.25, 0.3) is 0 Å². The Morgan fingerprint density at radius 3 is 2.52 bits per heavy atom. The molecule has 0 radical (unpaired) electrons. The molecule has 1 N–H and O–H groups in total. The summed E-state index contributed by atoms with van der Waals surface area (Å²) in [4.78, 5) is 14.0. The third kappa shape index (κ3) is 4.85. The maximum Gasteiger partial charge on any atom is 0.410 e. The third-order valence-corrected chi connectivity index (χ3v) is 3.90. The molecule has 0 aromatic rings. The number of likely N-dealkylation sites (N-methyl/N-ethyl adjacent to an activating group) is 1. The molecule has 0 bridgehead atoms. The normalized spacial score (nSPS) is 24.8. The van der Waals surface area contributed by atoms with Crippen molar-refractivity contribution in [3.8, 4) is 0 Å². The van der Waals surface area contributed by atoms with Crippen LogP contribution in [0.5, 0.6) is 0 Å². The second-order valence-electron chi connectivity index (χ2n) is 6.82. The topological polar surface area (TPSA) is 59.0 Å². The number of carbonyl (C=O) groups is 1. The van der Waals surface area contributed by atoms with Gasteiger partial charge in [-0.25, -0.2) is 4.79 Å². The predicted octanol–water partition coefficient (Wildman–Crippen LogP) is 2.81. The molecule has 0 aromatic carbocycles. The molecule has 0 aliphatic heterocycles. The fraction of sp³-hybridized carbons (Fsp3) is 0.938. The highest BCUT2D eigenvalue weighted by atomic mass is 16.6. The summed E-state index contributed by atoms with van der Waals surface area (Å²) >= 11 is 0. The zero-order valence-corrected chi connectivity index (χ0v) is 14.1. The number of aliphatic hydroxyl groups excluding tert-OH is 1. The van der Waals surface area contributed by atoms with Crippen LogP contribution in [0, 0.1) is 5.92 Å². The first-order valence-corrected chi connectivity index (χ1v) is 8.00. The SMILES string of the molecule is CCCCOC[C@@H]1C[C@@]1(CO)N(CC)C(=O)OC(C)(C)C. The molecule has 5 nitrogen and oxygen atoms in total. The van der Waals surface area contributed by atoms with E-state index in [4.69, 9.17) is 9.47 Å². The van der Waals surface area contributed by atoms with Gasteiger partial charge in [0.05, 0.1) is 18.8 Å². The Balaban J connectivity index is 2.59. The van der Waals surface area contributed by atoms with Crippen molar-refractivity contribution in [2.45, 2.75) is 65.0 Å². The van der Waals surface area contributed by atoms with E-state index in [-0.39, 0.29) is 18.6 Å². The number of hydrogen-bond acceptors (Lipinski definition) is 4. The fourth-order valence-corrected chi connectivity index (χ4v) is 2.61. The van der Waals surface area contributed by atoms with E-state index in [9.17, 15) is 9.90 Å². The molecule has 5 heteroatoms. The Morgan fingerprint density at radius 1 is 1.38 bits per heavy atom. The number of hydrogen-bond donors (Lipinski definition) is 1. The molecule has 1 rings (SSSR count). The maximum atomic E-state index is 12.3. The molecule has 0 aromatic heterocycles. The Morgan fingerprint density at radius 2 is 2.05 bits per heavy atom. The molecule has 0 saturated heterocycles. The van der Waals surface area contributed by atoms with Gasteiger partial charge in [-0.05, 0) is 40.5 Å². The van der Waals surface area contributed by atoms with Crippen molar-refractivity contribution in [3.05, 3.63) is 0 Å². The van der Waals surface area contributed by atoms with Gasteiger partial charge in [0.2, 0.25) is 0 Å². The molecular formula is C16H31NO4. The molecule has 0 unspecified atom stereocenters. The van der Waals surface area contributed by atoms with Crippen LogP contribution in [0.4, 0.5) is 4.79 Å². The van der Waals surface area contributed by atoms with Gasteiger partial charge in [0.25, 0.3) is 0 Å². The molecule has 1 amide bonds. The van der Waals surface area contributed by atoms with E-state index in [1.807, 2.05) is 27.7 Å². The highest BCUT2D eigenvalue weighted by Crippen LogP contribution is 2.48. The van der Waals surface area contributed by atoms with E-state index < -0.39 is 11.1 Å². The summed E-state index contributed by atoms with van der Waals surface area (Å²) in [6, 6.07) is 0. The summed E-state index contributed by atoms with van der Waals surface area (Å²) in [5.41, 5.74) is -1.02. The number of nitrogens with zero attached hydrogens (tertiary/aromatic N) is 1. The van der Waals surface area contributed by atoms with Crippen molar-refractivity contribution in [2.75, 3.05) is 26.4 Å². The molecule has 1 fully saturated rings. The van der Waals surface area contributed by atoms with E-state index >= 15 is 0 Å². The summed E-state index contributed by atoms with van der Waals surface area (Å²) in [6.07, 6.45) is 2.58. The van der Waals surface area contributed by atoms with Crippen molar-refractivity contribution >= 4 is 6.09 Å². The van der Waals surface area contributed by atoms with Gasteiger partial charge >= 0.3 is 6.09 Å². The van der Waals surface area contributed by atoms with Gasteiger partial charge in [0, 0.05) is 19.1 Å². The van der Waals surface area contributed by atoms with E-state index in [1.165, 1.54) is 0 Å². The molecule has 21 heavy (non-hydrogen) atoms. The molecule has 1 aliphatic carbocycles. The summed E-state index contributed by atoms with van der Waals surface area (Å²) in [5, 5.41) is 9.77. The first kappa shape index (κ1) is 18.2. The van der Waals surface area contributed by atoms with E-state index in [0.717, 1.165) is 25.9 Å². The number of carbonyl (C=O) groups excluding carboxylic acids is 1. The lowest BCUT2D eigenvalue weighted by molar-refractivity contribution is -0.000465. The number of amides is 1. The lowest BCUT2D eigenvalue weighted by Gasteiger charge is -2.33. The Labute approximate surface area is 128 Å². The van der Waals surface area contributed by atoms with Crippen molar-refractivity contribution in [2.24, 2.45) is 5.92 Å². The first-order valence-electron chi connectivity index (χ1n) is 8.00. The van der Waals surface area contributed by atoms with Crippen LogP contribution in [0.2, 0.25) is 0 Å². The lowest BCUT2D eigenvalue weighted by atomic mass is 10.2. The third-order valence-electron chi connectivity index (χ3n) is 3.90. The van der Waals surface area contributed by atoms with Crippen molar-refractivity contribution in [3.63, 3.8) is 0 Å². The summed E-state index contributed by atoms with van der Waals surface area (Å²) in [5.74, 6) is 0.201. The quantitative estimate of drug-likeness (QED) is 0.700. The van der Waals surface area contributed by atoms with Gasteiger partial charge in [-0.1, -0.05) is 13.3 Å². The van der Waals surface area contributed by atoms with Crippen LogP contribution in [-0.4, -0.2) is 53.6 Å². The van der Waals surface area contributed by atoms with E-state index in [1.54, 1.807) is 4.90 Å². The minimum atomic E-state index is -0.525. The van der Waals surface area contributed by atoms with Gasteiger partial charge in [-0.2, -0.15) is 0 Å². The predicted molar refractivity (Wildman–Crippen MR) is 82.3 cm³/mol. The number of aliphatic hydroxyl groups is 1. The second-order valence-corrected chi connectivity index (χ2v) is 6.82. The second kappa shape index (κ2) is 7.45. The molecule has 124 valence electrons. The highest BCUT2D eigenvalue weighted by Gasteiger charge is 2.59. The molecule has 2 atom stereocenters. The van der Waals surface area contributed by atoms with E-state index in [2.05, 4.69) is 6.92 Å². The Kier molecular flexibility index (Phi) is 6.47. The molecule has 1 saturated carbocycles. The van der Waals surface area contributed by atoms with Crippen LogP contribution >= 0.6 is 0 Å². The first-order chi connectivity index (χ1) is 9.80. The van der Waals surface area contributed by atoms with Crippen molar-refractivity contribution in [1.29, 1.82) is 0 Å². The van der Waals surface area contributed by atoms with Gasteiger partial charge < -0.3 is 19.5 Å². The fourth-order valence-electron chi connectivity index (χ4n) is 2.61. The van der Waals surface area contributed by atoms with E-state index in [0.29, 0.717) is 13.2 Å². The summed E-state index contributed by atoms with van der Waals surface area (Å²) in [6.45, 7) is 11.4. The molecule has 0 heterocycles. The molecular weight excluding hydrogens is 270 g/mol. The highest BCUT2D eigenvalue weighted by molar-refractivity contribution is 5.70. The number of ether oxygens (including phenoxy) is 2. The van der Waals surface area contributed by atoms with Crippen LogP contribution in [0.3, 0.4) is 0 Å².